The first-order chi connectivity index (χ1) is 10.7. The highest BCUT2D eigenvalue weighted by molar-refractivity contribution is 6.31. The maximum Gasteiger partial charge on any atom is 0.272 e. The molecule has 1 saturated heterocycles. The molecule has 0 saturated carbocycles. The summed E-state index contributed by atoms with van der Waals surface area (Å²) in [5, 5.41) is 0.509. The molecule has 2 aromatic heterocycles. The van der Waals surface area contributed by atoms with Crippen LogP contribution in [-0.4, -0.2) is 40.0 Å². The van der Waals surface area contributed by atoms with E-state index in [1.54, 1.807) is 36.8 Å². The summed E-state index contributed by atoms with van der Waals surface area (Å²) in [5.74, 6) is 0.618. The standard InChI is InChI=1S/C16H16ClN3O2/c17-13-11-18-8-4-15(13)22-12-5-9-20(10-6-12)16(21)14-3-1-2-7-19-14/h1-4,7-8,11-12H,5-6,9-10H2. The Morgan fingerprint density at radius 1 is 1.23 bits per heavy atom. The maximum atomic E-state index is 12.3. The molecule has 0 atom stereocenters. The molecule has 0 aliphatic carbocycles. The van der Waals surface area contributed by atoms with Gasteiger partial charge in [-0.05, 0) is 12.1 Å². The van der Waals surface area contributed by atoms with E-state index in [2.05, 4.69) is 9.97 Å². The molecule has 0 radical (unpaired) electrons. The van der Waals surface area contributed by atoms with E-state index in [0.29, 0.717) is 29.6 Å². The molecule has 0 aromatic carbocycles. The summed E-state index contributed by atoms with van der Waals surface area (Å²) in [7, 11) is 0. The molecule has 6 heteroatoms. The molecule has 5 nitrogen and oxygen atoms in total. The summed E-state index contributed by atoms with van der Waals surface area (Å²) in [5.41, 5.74) is 0.485. The van der Waals surface area contributed by atoms with Crippen molar-refractivity contribution in [3.63, 3.8) is 0 Å². The van der Waals surface area contributed by atoms with Gasteiger partial charge in [-0.15, -0.1) is 0 Å². The topological polar surface area (TPSA) is 55.3 Å². The highest BCUT2D eigenvalue weighted by Gasteiger charge is 2.25. The first kappa shape index (κ1) is 14.8. The molecule has 1 aliphatic rings. The summed E-state index contributed by atoms with van der Waals surface area (Å²) in [6.45, 7) is 1.31. The molecule has 22 heavy (non-hydrogen) atoms. The van der Waals surface area contributed by atoms with E-state index in [1.807, 2.05) is 11.0 Å². The second-order valence-corrected chi connectivity index (χ2v) is 5.54. The average Bonchev–Trinajstić information content (AvgIpc) is 2.58. The number of halogens is 1. The van der Waals surface area contributed by atoms with Crippen molar-refractivity contribution in [2.75, 3.05) is 13.1 Å². The minimum atomic E-state index is -0.0269. The van der Waals surface area contributed by atoms with Crippen molar-refractivity contribution >= 4 is 17.5 Å². The van der Waals surface area contributed by atoms with Crippen molar-refractivity contribution in [1.82, 2.24) is 14.9 Å². The zero-order chi connectivity index (χ0) is 15.4. The van der Waals surface area contributed by atoms with Crippen LogP contribution in [-0.2, 0) is 0 Å². The Morgan fingerprint density at radius 3 is 2.73 bits per heavy atom. The lowest BCUT2D eigenvalue weighted by atomic mass is 10.1. The number of likely N-dealkylation sites (tertiary alicyclic amines) is 1. The van der Waals surface area contributed by atoms with Crippen LogP contribution in [0.4, 0.5) is 0 Å². The number of rotatable bonds is 3. The molecule has 3 heterocycles. The average molecular weight is 318 g/mol. The fraction of sp³-hybridized carbons (Fsp3) is 0.312. The van der Waals surface area contributed by atoms with Crippen molar-refractivity contribution in [2.45, 2.75) is 18.9 Å². The highest BCUT2D eigenvalue weighted by atomic mass is 35.5. The van der Waals surface area contributed by atoms with Gasteiger partial charge >= 0.3 is 0 Å². The third kappa shape index (κ3) is 3.36. The van der Waals surface area contributed by atoms with Crippen LogP contribution in [0.3, 0.4) is 0 Å². The van der Waals surface area contributed by atoms with Crippen molar-refractivity contribution in [2.24, 2.45) is 0 Å². The number of aromatic nitrogens is 2. The SMILES string of the molecule is O=C(c1ccccn1)N1CCC(Oc2ccncc2Cl)CC1. The number of pyridine rings is 2. The molecule has 1 aliphatic heterocycles. The van der Waals surface area contributed by atoms with Crippen LogP contribution in [0.1, 0.15) is 23.3 Å². The van der Waals surface area contributed by atoms with Gasteiger partial charge in [0, 0.05) is 50.6 Å². The van der Waals surface area contributed by atoms with Crippen molar-refractivity contribution in [1.29, 1.82) is 0 Å². The van der Waals surface area contributed by atoms with Crippen LogP contribution in [0.15, 0.2) is 42.9 Å². The molecular formula is C16H16ClN3O2. The van der Waals surface area contributed by atoms with E-state index in [0.717, 1.165) is 12.8 Å². The Hall–Kier alpha value is -2.14. The van der Waals surface area contributed by atoms with E-state index in [9.17, 15) is 4.79 Å². The van der Waals surface area contributed by atoms with Gasteiger partial charge in [0.05, 0.1) is 0 Å². The quantitative estimate of drug-likeness (QED) is 0.873. The predicted molar refractivity (Wildman–Crippen MR) is 83.0 cm³/mol. The number of carbonyl (C=O) groups is 1. The van der Waals surface area contributed by atoms with Gasteiger partial charge in [-0.2, -0.15) is 0 Å². The smallest absolute Gasteiger partial charge is 0.272 e. The Morgan fingerprint density at radius 2 is 2.05 bits per heavy atom. The summed E-state index contributed by atoms with van der Waals surface area (Å²) in [6, 6.07) is 7.12. The number of piperidine rings is 1. The van der Waals surface area contributed by atoms with Crippen LogP contribution in [0, 0.1) is 0 Å². The molecule has 0 spiro atoms. The van der Waals surface area contributed by atoms with Crippen LogP contribution in [0.2, 0.25) is 5.02 Å². The second-order valence-electron chi connectivity index (χ2n) is 5.13. The van der Waals surface area contributed by atoms with Crippen molar-refractivity contribution in [3.8, 4) is 5.75 Å². The monoisotopic (exact) mass is 317 g/mol. The van der Waals surface area contributed by atoms with Crippen LogP contribution < -0.4 is 4.74 Å². The van der Waals surface area contributed by atoms with Crippen LogP contribution in [0.5, 0.6) is 5.75 Å². The molecule has 3 rings (SSSR count). The summed E-state index contributed by atoms with van der Waals surface area (Å²) >= 11 is 6.04. The van der Waals surface area contributed by atoms with Gasteiger partial charge in [0.25, 0.3) is 5.91 Å². The minimum Gasteiger partial charge on any atom is -0.489 e. The summed E-state index contributed by atoms with van der Waals surface area (Å²) < 4.78 is 5.89. The molecular weight excluding hydrogens is 302 g/mol. The third-order valence-corrected chi connectivity index (χ3v) is 3.93. The van der Waals surface area contributed by atoms with Crippen molar-refractivity contribution < 1.29 is 9.53 Å². The molecule has 1 fully saturated rings. The predicted octanol–water partition coefficient (Wildman–Crippen LogP) is 2.81. The normalized spacial score (nSPS) is 15.6. The van der Waals surface area contributed by atoms with Gasteiger partial charge in [-0.25, -0.2) is 0 Å². The third-order valence-electron chi connectivity index (χ3n) is 3.64. The van der Waals surface area contributed by atoms with Gasteiger partial charge in [0.15, 0.2) is 0 Å². The Balaban J connectivity index is 1.57. The summed E-state index contributed by atoms with van der Waals surface area (Å²) in [6.07, 6.45) is 6.47. The maximum absolute atomic E-state index is 12.3. The zero-order valence-corrected chi connectivity index (χ0v) is 12.7. The second kappa shape index (κ2) is 6.75. The Kier molecular flexibility index (Phi) is 4.53. The molecule has 114 valence electrons. The first-order valence-electron chi connectivity index (χ1n) is 7.20. The molecule has 1 amide bonds. The zero-order valence-electron chi connectivity index (χ0n) is 12.0. The largest absolute Gasteiger partial charge is 0.489 e. The fourth-order valence-electron chi connectivity index (χ4n) is 2.47. The van der Waals surface area contributed by atoms with Crippen LogP contribution >= 0.6 is 11.6 Å². The van der Waals surface area contributed by atoms with Crippen molar-refractivity contribution in [3.05, 3.63) is 53.6 Å². The van der Waals surface area contributed by atoms with E-state index >= 15 is 0 Å². The van der Waals surface area contributed by atoms with Gasteiger partial charge < -0.3 is 9.64 Å². The number of hydrogen-bond donors (Lipinski definition) is 0. The van der Waals surface area contributed by atoms with Crippen LogP contribution in [0.25, 0.3) is 0 Å². The first-order valence-corrected chi connectivity index (χ1v) is 7.58. The molecule has 0 bridgehead atoms. The lowest BCUT2D eigenvalue weighted by molar-refractivity contribution is 0.0590. The number of ether oxygens (including phenoxy) is 1. The van der Waals surface area contributed by atoms with Gasteiger partial charge in [0.2, 0.25) is 0 Å². The minimum absolute atomic E-state index is 0.0269. The van der Waals surface area contributed by atoms with Gasteiger partial charge in [0.1, 0.15) is 22.6 Å². The highest BCUT2D eigenvalue weighted by Crippen LogP contribution is 2.26. The van der Waals surface area contributed by atoms with Gasteiger partial charge in [-0.1, -0.05) is 17.7 Å². The Labute approximate surface area is 133 Å². The van der Waals surface area contributed by atoms with E-state index in [-0.39, 0.29) is 12.0 Å². The van der Waals surface area contributed by atoms with E-state index in [1.165, 1.54) is 0 Å². The molecule has 2 aromatic rings. The molecule has 0 unspecified atom stereocenters. The van der Waals surface area contributed by atoms with E-state index in [4.69, 9.17) is 16.3 Å². The van der Waals surface area contributed by atoms with Gasteiger partial charge in [-0.3, -0.25) is 14.8 Å². The lowest BCUT2D eigenvalue weighted by Crippen LogP contribution is -2.42. The number of nitrogens with zero attached hydrogens (tertiary/aromatic N) is 3. The lowest BCUT2D eigenvalue weighted by Gasteiger charge is -2.32. The van der Waals surface area contributed by atoms with E-state index < -0.39 is 0 Å². The Bertz CT molecular complexity index is 643. The number of carbonyl (C=O) groups excluding carboxylic acids is 1. The molecule has 0 N–H and O–H groups in total. The number of hydrogen-bond acceptors (Lipinski definition) is 4. The summed E-state index contributed by atoms with van der Waals surface area (Å²) in [4.78, 5) is 22.2. The number of amides is 1. The fourth-order valence-corrected chi connectivity index (χ4v) is 2.63.